The van der Waals surface area contributed by atoms with Crippen LogP contribution in [0.4, 0.5) is 10.5 Å². The predicted octanol–water partition coefficient (Wildman–Crippen LogP) is 2.86. The highest BCUT2D eigenvalue weighted by molar-refractivity contribution is 6.13. The third-order valence-corrected chi connectivity index (χ3v) is 5.97. The number of urea groups is 1. The molecule has 0 bridgehead atoms. The molecule has 1 fully saturated rings. The van der Waals surface area contributed by atoms with Crippen molar-refractivity contribution in [2.75, 3.05) is 27.2 Å². The Kier molecular flexibility index (Phi) is 7.68. The number of likely N-dealkylation sites (tertiary alicyclic amines) is 1. The Labute approximate surface area is 183 Å². The second kappa shape index (κ2) is 10.4. The fraction of sp³-hybridized carbons (Fsp3) is 0.522. The number of fused-ring (bicyclic) bond motifs is 1. The number of piperidine rings is 1. The number of aliphatic hydroxyl groups excluding tert-OH is 1. The fourth-order valence-corrected chi connectivity index (χ4v) is 4.25. The SMILES string of the molecule is CCCCC1CN(C(=O)NC2=Nc3c(C(C=NC)=CN)ccc(OC)c3C2)CCC1O. The Morgan fingerprint density at radius 3 is 2.97 bits per heavy atom. The smallest absolute Gasteiger partial charge is 0.322 e. The molecule has 2 atom stereocenters. The maximum absolute atomic E-state index is 12.9. The van der Waals surface area contributed by atoms with E-state index in [4.69, 9.17) is 15.5 Å². The highest BCUT2D eigenvalue weighted by atomic mass is 16.5. The second-order valence-corrected chi connectivity index (χ2v) is 8.02. The van der Waals surface area contributed by atoms with Gasteiger partial charge in [-0.3, -0.25) is 10.3 Å². The summed E-state index contributed by atoms with van der Waals surface area (Å²) in [5.74, 6) is 1.42. The number of amides is 2. The number of unbranched alkanes of at least 4 members (excludes halogenated alkanes) is 1. The van der Waals surface area contributed by atoms with Crippen LogP contribution in [0.2, 0.25) is 0 Å². The van der Waals surface area contributed by atoms with Crippen LogP contribution in [0.25, 0.3) is 5.57 Å². The lowest BCUT2D eigenvalue weighted by molar-refractivity contribution is 0.0358. The van der Waals surface area contributed by atoms with E-state index in [1.165, 1.54) is 6.20 Å². The zero-order chi connectivity index (χ0) is 22.4. The normalized spacial score (nSPS) is 21.2. The number of allylic oxidation sites excluding steroid dienone is 1. The number of nitrogens with zero attached hydrogens (tertiary/aromatic N) is 3. The zero-order valence-electron chi connectivity index (χ0n) is 18.6. The van der Waals surface area contributed by atoms with Crippen LogP contribution in [0.1, 0.15) is 43.7 Å². The van der Waals surface area contributed by atoms with Crippen molar-refractivity contribution >= 4 is 29.3 Å². The minimum atomic E-state index is -0.336. The molecule has 0 aromatic heterocycles. The number of aliphatic imine (C=N–C) groups is 2. The first-order valence-corrected chi connectivity index (χ1v) is 10.9. The van der Waals surface area contributed by atoms with Crippen LogP contribution in [0.5, 0.6) is 5.75 Å². The maximum Gasteiger partial charge on any atom is 0.322 e. The molecule has 1 aromatic rings. The molecule has 2 unspecified atom stereocenters. The van der Waals surface area contributed by atoms with E-state index in [0.717, 1.165) is 47.4 Å². The van der Waals surface area contributed by atoms with Crippen molar-refractivity contribution < 1.29 is 14.6 Å². The molecular weight excluding hydrogens is 394 g/mol. The van der Waals surface area contributed by atoms with E-state index in [-0.39, 0.29) is 18.1 Å². The molecule has 1 aromatic carbocycles. The molecule has 0 radical (unpaired) electrons. The molecule has 4 N–H and O–H groups in total. The number of methoxy groups -OCH3 is 1. The third-order valence-electron chi connectivity index (χ3n) is 5.97. The van der Waals surface area contributed by atoms with E-state index >= 15 is 0 Å². The number of ether oxygens (including phenoxy) is 1. The zero-order valence-corrected chi connectivity index (χ0v) is 18.6. The molecule has 2 heterocycles. The molecule has 3 rings (SSSR count). The topological polar surface area (TPSA) is 113 Å². The molecule has 31 heavy (non-hydrogen) atoms. The van der Waals surface area contributed by atoms with Gasteiger partial charge < -0.3 is 20.5 Å². The van der Waals surface area contributed by atoms with Crippen LogP contribution in [0, 0.1) is 5.92 Å². The van der Waals surface area contributed by atoms with Gasteiger partial charge in [-0.1, -0.05) is 19.8 Å². The number of benzene rings is 1. The van der Waals surface area contributed by atoms with Gasteiger partial charge in [0, 0.05) is 61.6 Å². The number of nitrogens with two attached hydrogens (primary N) is 1. The quantitative estimate of drug-likeness (QED) is 0.606. The van der Waals surface area contributed by atoms with Gasteiger partial charge >= 0.3 is 6.03 Å². The van der Waals surface area contributed by atoms with Crippen molar-refractivity contribution in [1.82, 2.24) is 10.2 Å². The van der Waals surface area contributed by atoms with Crippen molar-refractivity contribution in [2.45, 2.75) is 45.1 Å². The highest BCUT2D eigenvalue weighted by Gasteiger charge is 2.31. The van der Waals surface area contributed by atoms with Crippen LogP contribution in [0.3, 0.4) is 0 Å². The molecule has 168 valence electrons. The summed E-state index contributed by atoms with van der Waals surface area (Å²) >= 11 is 0. The standard InChI is InChI=1S/C23H33N5O3/c1-4-5-6-15-14-28(10-9-19(15)29)23(30)27-21-11-18-20(31-3)8-7-17(22(18)26-21)16(12-24)13-25-2/h7-8,12-13,15,19,29H,4-6,9-11,14,24H2,1-3H3,(H,26,27,30). The monoisotopic (exact) mass is 427 g/mol. The third kappa shape index (κ3) is 5.07. The molecule has 8 nitrogen and oxygen atoms in total. The number of nitrogens with one attached hydrogen (secondary N) is 1. The summed E-state index contributed by atoms with van der Waals surface area (Å²) in [6.07, 6.45) is 6.98. The van der Waals surface area contributed by atoms with E-state index in [2.05, 4.69) is 17.2 Å². The Morgan fingerprint density at radius 1 is 1.48 bits per heavy atom. The van der Waals surface area contributed by atoms with Crippen molar-refractivity contribution in [2.24, 2.45) is 21.6 Å². The second-order valence-electron chi connectivity index (χ2n) is 8.02. The van der Waals surface area contributed by atoms with Crippen molar-refractivity contribution in [3.05, 3.63) is 29.5 Å². The molecule has 2 aliphatic heterocycles. The average Bonchev–Trinajstić information content (AvgIpc) is 3.20. The van der Waals surface area contributed by atoms with Gasteiger partial charge in [-0.05, 0) is 25.0 Å². The molecule has 2 aliphatic rings. The summed E-state index contributed by atoms with van der Waals surface area (Å²) in [5.41, 5.74) is 9.04. The van der Waals surface area contributed by atoms with Crippen LogP contribution in [-0.2, 0) is 6.42 Å². The van der Waals surface area contributed by atoms with Gasteiger partial charge in [-0.2, -0.15) is 0 Å². The van der Waals surface area contributed by atoms with Crippen LogP contribution in [0.15, 0.2) is 28.3 Å². The summed E-state index contributed by atoms with van der Waals surface area (Å²) in [5, 5.41) is 13.3. The molecular formula is C23H33N5O3. The van der Waals surface area contributed by atoms with Gasteiger partial charge in [0.1, 0.15) is 11.6 Å². The first kappa shape index (κ1) is 22.8. The number of hydrogen-bond acceptors (Lipinski definition) is 6. The van der Waals surface area contributed by atoms with Gasteiger partial charge in [-0.25, -0.2) is 9.79 Å². The van der Waals surface area contributed by atoms with Crippen molar-refractivity contribution in [3.8, 4) is 5.75 Å². The molecule has 8 heteroatoms. The van der Waals surface area contributed by atoms with Crippen LogP contribution in [-0.4, -0.2) is 61.4 Å². The molecule has 0 spiro atoms. The molecule has 1 saturated heterocycles. The minimum Gasteiger partial charge on any atom is -0.496 e. The van der Waals surface area contributed by atoms with E-state index in [1.807, 2.05) is 12.1 Å². The lowest BCUT2D eigenvalue weighted by Crippen LogP contribution is -2.50. The van der Waals surface area contributed by atoms with Crippen LogP contribution >= 0.6 is 0 Å². The van der Waals surface area contributed by atoms with Gasteiger partial charge in [-0.15, -0.1) is 0 Å². The number of aliphatic hydroxyl groups is 1. The van der Waals surface area contributed by atoms with Crippen LogP contribution < -0.4 is 15.8 Å². The van der Waals surface area contributed by atoms with E-state index < -0.39 is 0 Å². The number of rotatable bonds is 6. The number of carbonyl (C=O) groups excluding carboxylic acids is 1. The summed E-state index contributed by atoms with van der Waals surface area (Å²) in [6.45, 7) is 3.24. The van der Waals surface area contributed by atoms with Crippen molar-refractivity contribution in [3.63, 3.8) is 0 Å². The van der Waals surface area contributed by atoms with Gasteiger partial charge in [0.2, 0.25) is 0 Å². The molecule has 0 aliphatic carbocycles. The number of carbonyl (C=O) groups is 1. The fourth-order valence-electron chi connectivity index (χ4n) is 4.25. The highest BCUT2D eigenvalue weighted by Crippen LogP contribution is 2.39. The average molecular weight is 428 g/mol. The first-order chi connectivity index (χ1) is 15.0. The Bertz CT molecular complexity index is 893. The van der Waals surface area contributed by atoms with Crippen molar-refractivity contribution in [1.29, 1.82) is 0 Å². The van der Waals surface area contributed by atoms with E-state index in [9.17, 15) is 9.90 Å². The maximum atomic E-state index is 12.9. The lowest BCUT2D eigenvalue weighted by atomic mass is 9.90. The van der Waals surface area contributed by atoms with Gasteiger partial charge in [0.15, 0.2) is 0 Å². The van der Waals surface area contributed by atoms with Gasteiger partial charge in [0.25, 0.3) is 0 Å². The summed E-state index contributed by atoms with van der Waals surface area (Å²) in [7, 11) is 3.31. The molecule has 2 amide bonds. The first-order valence-electron chi connectivity index (χ1n) is 10.9. The summed E-state index contributed by atoms with van der Waals surface area (Å²) in [6, 6.07) is 3.60. The van der Waals surface area contributed by atoms with E-state index in [0.29, 0.717) is 31.8 Å². The predicted molar refractivity (Wildman–Crippen MR) is 124 cm³/mol. The number of hydrogen-bond donors (Lipinski definition) is 3. The largest absolute Gasteiger partial charge is 0.496 e. The summed E-state index contributed by atoms with van der Waals surface area (Å²) in [4.78, 5) is 23.5. The minimum absolute atomic E-state index is 0.124. The van der Waals surface area contributed by atoms with E-state index in [1.54, 1.807) is 25.3 Å². The Hall–Kier alpha value is -2.87. The Morgan fingerprint density at radius 2 is 2.29 bits per heavy atom. The van der Waals surface area contributed by atoms with Gasteiger partial charge in [0.05, 0.1) is 18.9 Å². The summed E-state index contributed by atoms with van der Waals surface area (Å²) < 4.78 is 5.51. The molecule has 0 saturated carbocycles. The number of amidine groups is 1. The Balaban J connectivity index is 1.77. The lowest BCUT2D eigenvalue weighted by Gasteiger charge is -2.36.